The molecule has 2 N–H and O–H groups in total. The third-order valence-corrected chi connectivity index (χ3v) is 5.58. The summed E-state index contributed by atoms with van der Waals surface area (Å²) in [7, 11) is 1.74. The monoisotopic (exact) mass is 392 g/mol. The van der Waals surface area contributed by atoms with Crippen LogP contribution in [0.1, 0.15) is 30.7 Å². The van der Waals surface area contributed by atoms with Gasteiger partial charge in [-0.15, -0.1) is 0 Å². The summed E-state index contributed by atoms with van der Waals surface area (Å²) in [5, 5.41) is 4.58. The standard InChI is InChI=1S/C24H28N2O3/c1-28-23-7-3-2-6-20(23)21-14-18(21)16-25-12-4-5-13-29-19-10-8-17-9-11-24(27)26-22(17)15-19/h2-3,6-11,15,18,21,25H,4-5,12-14,16H2,1H3,(H,26,27). The van der Waals surface area contributed by atoms with Crippen molar-refractivity contribution < 1.29 is 9.47 Å². The van der Waals surface area contributed by atoms with Crippen LogP contribution in [0.2, 0.25) is 0 Å². The van der Waals surface area contributed by atoms with Crippen molar-refractivity contribution in [3.8, 4) is 11.5 Å². The first-order chi connectivity index (χ1) is 14.2. The Morgan fingerprint density at radius 2 is 1.97 bits per heavy atom. The van der Waals surface area contributed by atoms with Crippen molar-refractivity contribution in [1.82, 2.24) is 10.3 Å². The maximum absolute atomic E-state index is 11.4. The topological polar surface area (TPSA) is 63.4 Å². The van der Waals surface area contributed by atoms with Gasteiger partial charge in [-0.3, -0.25) is 4.79 Å². The van der Waals surface area contributed by atoms with Gasteiger partial charge in [-0.2, -0.15) is 0 Å². The highest BCUT2D eigenvalue weighted by Crippen LogP contribution is 2.49. The number of rotatable bonds is 10. The Balaban J connectivity index is 1.12. The number of benzene rings is 2. The predicted octanol–water partition coefficient (Wildman–Crippen LogP) is 4.09. The molecule has 0 amide bonds. The molecular weight excluding hydrogens is 364 g/mol. The van der Waals surface area contributed by atoms with E-state index in [0.717, 1.165) is 48.3 Å². The molecule has 29 heavy (non-hydrogen) atoms. The average molecular weight is 392 g/mol. The Bertz CT molecular complexity index is 1010. The zero-order valence-corrected chi connectivity index (χ0v) is 16.8. The number of para-hydroxylation sites is 1. The van der Waals surface area contributed by atoms with Crippen LogP contribution in [-0.2, 0) is 0 Å². The van der Waals surface area contributed by atoms with Gasteiger partial charge in [0.25, 0.3) is 0 Å². The van der Waals surface area contributed by atoms with Gasteiger partial charge in [0, 0.05) is 12.1 Å². The van der Waals surface area contributed by atoms with E-state index in [0.29, 0.717) is 18.4 Å². The number of nitrogens with one attached hydrogen (secondary N) is 2. The van der Waals surface area contributed by atoms with Crippen molar-refractivity contribution in [1.29, 1.82) is 0 Å². The highest BCUT2D eigenvalue weighted by atomic mass is 16.5. The van der Waals surface area contributed by atoms with Crippen molar-refractivity contribution in [2.75, 3.05) is 26.8 Å². The molecule has 0 saturated heterocycles. The predicted molar refractivity (Wildman–Crippen MR) is 116 cm³/mol. The fraction of sp³-hybridized carbons (Fsp3) is 0.375. The molecule has 5 heteroatoms. The molecular formula is C24H28N2O3. The number of pyridine rings is 1. The van der Waals surface area contributed by atoms with E-state index in [-0.39, 0.29) is 5.56 Å². The summed E-state index contributed by atoms with van der Waals surface area (Å²) >= 11 is 0. The number of aromatic nitrogens is 1. The van der Waals surface area contributed by atoms with E-state index in [4.69, 9.17) is 9.47 Å². The Kier molecular flexibility index (Phi) is 6.15. The van der Waals surface area contributed by atoms with E-state index in [2.05, 4.69) is 22.4 Å². The summed E-state index contributed by atoms with van der Waals surface area (Å²) in [6, 6.07) is 17.5. The van der Waals surface area contributed by atoms with Crippen LogP contribution < -0.4 is 20.3 Å². The average Bonchev–Trinajstić information content (AvgIpc) is 3.52. The van der Waals surface area contributed by atoms with E-state index < -0.39 is 0 Å². The number of methoxy groups -OCH3 is 1. The molecule has 1 aliphatic carbocycles. The third kappa shape index (κ3) is 4.98. The molecule has 3 aromatic rings. The highest BCUT2D eigenvalue weighted by Gasteiger charge is 2.39. The molecule has 1 aliphatic rings. The summed E-state index contributed by atoms with van der Waals surface area (Å²) in [6.45, 7) is 2.74. The van der Waals surface area contributed by atoms with Crippen LogP contribution in [0.25, 0.3) is 10.9 Å². The summed E-state index contributed by atoms with van der Waals surface area (Å²) in [4.78, 5) is 14.3. The lowest BCUT2D eigenvalue weighted by Crippen LogP contribution is -2.19. The first-order valence-electron chi connectivity index (χ1n) is 10.3. The first-order valence-corrected chi connectivity index (χ1v) is 10.3. The van der Waals surface area contributed by atoms with Crippen LogP contribution in [0.15, 0.2) is 59.4 Å². The highest BCUT2D eigenvalue weighted by molar-refractivity contribution is 5.79. The first kappa shape index (κ1) is 19.5. The van der Waals surface area contributed by atoms with E-state index in [1.165, 1.54) is 18.1 Å². The second-order valence-electron chi connectivity index (χ2n) is 7.68. The number of hydrogen-bond donors (Lipinski definition) is 2. The fourth-order valence-electron chi connectivity index (χ4n) is 3.88. The van der Waals surface area contributed by atoms with Crippen LogP contribution in [-0.4, -0.2) is 31.8 Å². The minimum atomic E-state index is -0.0932. The SMILES string of the molecule is COc1ccccc1C1CC1CNCCCCOc1ccc2ccc(=O)[nH]c2c1. The molecule has 0 bridgehead atoms. The number of fused-ring (bicyclic) bond motifs is 1. The molecule has 1 aromatic heterocycles. The summed E-state index contributed by atoms with van der Waals surface area (Å²) in [6.07, 6.45) is 3.31. The van der Waals surface area contributed by atoms with Gasteiger partial charge in [-0.25, -0.2) is 0 Å². The van der Waals surface area contributed by atoms with Gasteiger partial charge >= 0.3 is 0 Å². The van der Waals surface area contributed by atoms with E-state index in [9.17, 15) is 4.79 Å². The van der Waals surface area contributed by atoms with Crippen molar-refractivity contribution in [3.63, 3.8) is 0 Å². The maximum Gasteiger partial charge on any atom is 0.248 e. The molecule has 152 valence electrons. The maximum atomic E-state index is 11.4. The van der Waals surface area contributed by atoms with E-state index in [1.54, 1.807) is 7.11 Å². The van der Waals surface area contributed by atoms with Crippen LogP contribution in [0.5, 0.6) is 11.5 Å². The van der Waals surface area contributed by atoms with Gasteiger partial charge in [-0.1, -0.05) is 18.2 Å². The molecule has 2 atom stereocenters. The largest absolute Gasteiger partial charge is 0.496 e. The lowest BCUT2D eigenvalue weighted by Gasteiger charge is -2.09. The fourth-order valence-corrected chi connectivity index (χ4v) is 3.88. The molecule has 1 heterocycles. The Morgan fingerprint density at radius 3 is 2.86 bits per heavy atom. The molecule has 0 spiro atoms. The lowest BCUT2D eigenvalue weighted by molar-refractivity contribution is 0.306. The number of unbranched alkanes of at least 4 members (excludes halogenated alkanes) is 1. The molecule has 0 aliphatic heterocycles. The molecule has 2 unspecified atom stereocenters. The van der Waals surface area contributed by atoms with Crippen molar-refractivity contribution in [3.05, 3.63) is 70.5 Å². The lowest BCUT2D eigenvalue weighted by atomic mass is 10.1. The number of hydrogen-bond acceptors (Lipinski definition) is 4. The van der Waals surface area contributed by atoms with Gasteiger partial charge in [0.05, 0.1) is 19.2 Å². The van der Waals surface area contributed by atoms with Gasteiger partial charge in [-0.05, 0) is 79.4 Å². The Hall–Kier alpha value is -2.79. The summed E-state index contributed by atoms with van der Waals surface area (Å²) in [5.41, 5.74) is 2.06. The van der Waals surface area contributed by atoms with Gasteiger partial charge in [0.1, 0.15) is 11.5 Å². The Labute approximate surface area is 171 Å². The molecule has 5 nitrogen and oxygen atoms in total. The van der Waals surface area contributed by atoms with Crippen molar-refractivity contribution in [2.24, 2.45) is 5.92 Å². The number of aromatic amines is 1. The smallest absolute Gasteiger partial charge is 0.248 e. The van der Waals surface area contributed by atoms with Crippen LogP contribution in [0, 0.1) is 5.92 Å². The summed E-state index contributed by atoms with van der Waals surface area (Å²) < 4.78 is 11.3. The number of H-pyrrole nitrogens is 1. The summed E-state index contributed by atoms with van der Waals surface area (Å²) in [5.74, 6) is 3.14. The van der Waals surface area contributed by atoms with Crippen molar-refractivity contribution >= 4 is 10.9 Å². The van der Waals surface area contributed by atoms with E-state index >= 15 is 0 Å². The zero-order chi connectivity index (χ0) is 20.1. The molecule has 1 saturated carbocycles. The van der Waals surface area contributed by atoms with Crippen LogP contribution in [0.3, 0.4) is 0 Å². The van der Waals surface area contributed by atoms with E-state index in [1.807, 2.05) is 36.4 Å². The van der Waals surface area contributed by atoms with Gasteiger partial charge < -0.3 is 19.8 Å². The molecule has 0 radical (unpaired) electrons. The zero-order valence-electron chi connectivity index (χ0n) is 16.8. The Morgan fingerprint density at radius 1 is 1.10 bits per heavy atom. The van der Waals surface area contributed by atoms with Crippen LogP contribution >= 0.6 is 0 Å². The molecule has 4 rings (SSSR count). The minimum absolute atomic E-state index is 0.0932. The normalized spacial score (nSPS) is 18.0. The van der Waals surface area contributed by atoms with Gasteiger partial charge in [0.15, 0.2) is 0 Å². The third-order valence-electron chi connectivity index (χ3n) is 5.58. The number of ether oxygens (including phenoxy) is 2. The van der Waals surface area contributed by atoms with Gasteiger partial charge in [0.2, 0.25) is 5.56 Å². The molecule has 2 aromatic carbocycles. The second kappa shape index (κ2) is 9.14. The quantitative estimate of drug-likeness (QED) is 0.510. The second-order valence-corrected chi connectivity index (χ2v) is 7.68. The van der Waals surface area contributed by atoms with Crippen LogP contribution in [0.4, 0.5) is 0 Å². The minimum Gasteiger partial charge on any atom is -0.496 e. The molecule has 1 fully saturated rings. The van der Waals surface area contributed by atoms with Crippen molar-refractivity contribution in [2.45, 2.75) is 25.2 Å².